The maximum Gasteiger partial charge on any atom is 1.00 e. The van der Waals surface area contributed by atoms with Crippen LogP contribution in [0.4, 0.5) is 0 Å². The first kappa shape index (κ1) is 36.6. The fourth-order valence-electron chi connectivity index (χ4n) is 2.83. The number of unbranched alkanes of at least 4 members (excludes halogenated alkanes) is 11. The summed E-state index contributed by atoms with van der Waals surface area (Å²) in [4.78, 5) is 30.3. The monoisotopic (exact) mass is 504 g/mol. The normalized spacial score (nSPS) is 11.8. The van der Waals surface area contributed by atoms with Crippen molar-refractivity contribution >= 4 is 28.0 Å². The molecule has 0 radical (unpaired) electrons. The number of rotatable bonds is 19. The molecule has 9 nitrogen and oxygen atoms in total. The van der Waals surface area contributed by atoms with E-state index in [0.717, 1.165) is 12.8 Å². The largest absolute Gasteiger partial charge is 1.00 e. The molecule has 190 valence electrons. The van der Waals surface area contributed by atoms with E-state index in [1.807, 2.05) is 0 Å². The Hall–Kier alpha value is -0.940. The van der Waals surface area contributed by atoms with E-state index in [-0.39, 0.29) is 31.0 Å². The maximum absolute atomic E-state index is 10.3. The van der Waals surface area contributed by atoms with E-state index < -0.39 is 39.7 Å². The van der Waals surface area contributed by atoms with Gasteiger partial charge in [-0.15, -0.1) is 0 Å². The summed E-state index contributed by atoms with van der Waals surface area (Å²) in [6, 6.07) is 0. The quantitative estimate of drug-likeness (QED) is 0.0890. The van der Waals surface area contributed by atoms with Crippen molar-refractivity contribution in [3.05, 3.63) is 12.2 Å². The molecule has 0 bridgehead atoms. The van der Waals surface area contributed by atoms with Gasteiger partial charge in [0.05, 0.1) is 6.42 Å². The molecule has 0 aromatic carbocycles. The molecule has 0 aliphatic heterocycles. The van der Waals surface area contributed by atoms with Crippen molar-refractivity contribution in [2.24, 2.45) is 0 Å². The van der Waals surface area contributed by atoms with Gasteiger partial charge in [0.2, 0.25) is 0 Å². The smallest absolute Gasteiger partial charge is 1.00 e. The summed E-state index contributed by atoms with van der Waals surface area (Å²) in [6.45, 7) is 2.26. The van der Waals surface area contributed by atoms with E-state index in [0.29, 0.717) is 6.42 Å². The van der Waals surface area contributed by atoms with Gasteiger partial charge < -0.3 is 16.7 Å². The van der Waals surface area contributed by atoms with Gasteiger partial charge in [-0.05, 0) is 32.1 Å². The number of hydrogen-bond donors (Lipinski definition) is 4. The van der Waals surface area contributed by atoms with Gasteiger partial charge in [-0.3, -0.25) is 18.9 Å². The number of allylic oxidation sites excluding steroid dienone is 2. The number of aliphatic carboxylic acids is 3. The molecule has 1 unspecified atom stereocenters. The maximum atomic E-state index is 10.3. The Morgan fingerprint density at radius 3 is 1.52 bits per heavy atom. The van der Waals surface area contributed by atoms with Gasteiger partial charge in [-0.2, -0.15) is 8.42 Å². The van der Waals surface area contributed by atoms with Crippen LogP contribution in [0.5, 0.6) is 0 Å². The first-order valence-corrected chi connectivity index (χ1v) is 12.8. The summed E-state index contributed by atoms with van der Waals surface area (Å²) in [6.07, 6.45) is 20.1. The Labute approximate surface area is 221 Å². The van der Waals surface area contributed by atoms with E-state index in [4.69, 9.17) is 19.9 Å². The standard InChI is InChI=1S/C18H34O2.C4H6O7S.Na.H/c1-2-3-4-5-6-7-8-9-10-11-12-13-14-15-16-17-18(19)20;5-3(6)1-2(4(7)8)12(9,10)11;;/h9-10H,2-8,11-17H2,1H3,(H,19,20);2H,1H2,(H,5,6)(H,7,8)(H,9,10,11);;/q;;+1;-1/b10-9-;;;. The first-order chi connectivity index (χ1) is 15.0. The molecule has 0 aliphatic rings. The predicted molar refractivity (Wildman–Crippen MR) is 123 cm³/mol. The van der Waals surface area contributed by atoms with Crippen molar-refractivity contribution < 1.29 is 73.7 Å². The summed E-state index contributed by atoms with van der Waals surface area (Å²) in [5, 5.41) is 22.4. The minimum atomic E-state index is -4.84. The zero-order valence-corrected chi connectivity index (χ0v) is 22.9. The Morgan fingerprint density at radius 2 is 1.18 bits per heavy atom. The minimum absolute atomic E-state index is 0. The first-order valence-electron chi connectivity index (χ1n) is 11.3. The molecule has 4 N–H and O–H groups in total. The van der Waals surface area contributed by atoms with Crippen molar-refractivity contribution in [1.82, 2.24) is 0 Å². The third kappa shape index (κ3) is 29.0. The molecule has 0 spiro atoms. The zero-order valence-electron chi connectivity index (χ0n) is 21.1. The third-order valence-electron chi connectivity index (χ3n) is 4.65. The molecular formula is C22H41NaO9S. The molecule has 11 heteroatoms. The second-order valence-electron chi connectivity index (χ2n) is 7.67. The van der Waals surface area contributed by atoms with Crippen LogP contribution < -0.4 is 29.6 Å². The Morgan fingerprint density at radius 1 is 0.758 bits per heavy atom. The molecular weight excluding hydrogens is 463 g/mol. The molecule has 0 aromatic rings. The summed E-state index contributed by atoms with van der Waals surface area (Å²) in [7, 11) is -4.84. The van der Waals surface area contributed by atoms with Gasteiger partial charge in [0.15, 0.2) is 5.25 Å². The van der Waals surface area contributed by atoms with Gasteiger partial charge in [0, 0.05) is 6.42 Å². The van der Waals surface area contributed by atoms with E-state index in [1.54, 1.807) is 0 Å². The van der Waals surface area contributed by atoms with E-state index in [9.17, 15) is 22.8 Å². The van der Waals surface area contributed by atoms with Crippen molar-refractivity contribution in [1.29, 1.82) is 0 Å². The molecule has 0 heterocycles. The molecule has 0 saturated carbocycles. The average Bonchev–Trinajstić information content (AvgIpc) is 2.68. The number of carboxylic acids is 3. The number of carboxylic acid groups (broad SMARTS) is 3. The molecule has 0 rings (SSSR count). The third-order valence-corrected chi connectivity index (χ3v) is 5.73. The minimum Gasteiger partial charge on any atom is -1.00 e. The van der Waals surface area contributed by atoms with Gasteiger partial charge in [0.25, 0.3) is 10.1 Å². The SMILES string of the molecule is CCCCCCCC/C=C\CCCCCCCC(=O)O.O=C(O)CC(C(=O)O)S(=O)(=O)O.[H-].[Na+]. The topological polar surface area (TPSA) is 166 Å². The van der Waals surface area contributed by atoms with Crippen molar-refractivity contribution in [3.8, 4) is 0 Å². The Kier molecular flexibility index (Phi) is 26.9. The summed E-state index contributed by atoms with van der Waals surface area (Å²) < 4.78 is 28.7. The fourth-order valence-corrected chi connectivity index (χ4v) is 3.43. The van der Waals surface area contributed by atoms with Crippen LogP contribution in [-0.4, -0.2) is 51.4 Å². The van der Waals surface area contributed by atoms with Crippen molar-refractivity contribution in [3.63, 3.8) is 0 Å². The van der Waals surface area contributed by atoms with Crippen LogP contribution in [0.15, 0.2) is 12.2 Å². The van der Waals surface area contributed by atoms with Gasteiger partial charge in [-0.25, -0.2) is 0 Å². The van der Waals surface area contributed by atoms with Crippen LogP contribution >= 0.6 is 0 Å². The van der Waals surface area contributed by atoms with Crippen LogP contribution in [0.25, 0.3) is 0 Å². The Balaban J connectivity index is -0.000000279. The van der Waals surface area contributed by atoms with Gasteiger partial charge in [0.1, 0.15) is 0 Å². The molecule has 0 aromatic heterocycles. The summed E-state index contributed by atoms with van der Waals surface area (Å²) >= 11 is 0. The number of hydrogen-bond acceptors (Lipinski definition) is 5. The van der Waals surface area contributed by atoms with Crippen LogP contribution in [-0.2, 0) is 24.5 Å². The van der Waals surface area contributed by atoms with Crippen LogP contribution in [0.1, 0.15) is 105 Å². The second kappa shape index (κ2) is 24.2. The van der Waals surface area contributed by atoms with Crippen molar-refractivity contribution in [2.75, 3.05) is 0 Å². The molecule has 0 saturated heterocycles. The van der Waals surface area contributed by atoms with Crippen LogP contribution in [0.2, 0.25) is 0 Å². The molecule has 0 fully saturated rings. The number of carbonyl (C=O) groups is 3. The van der Waals surface area contributed by atoms with E-state index in [1.165, 1.54) is 70.6 Å². The van der Waals surface area contributed by atoms with E-state index >= 15 is 0 Å². The van der Waals surface area contributed by atoms with Gasteiger partial charge in [-0.1, -0.05) is 70.4 Å². The zero-order chi connectivity index (χ0) is 24.8. The average molecular weight is 505 g/mol. The fraction of sp³-hybridized carbons (Fsp3) is 0.773. The molecule has 0 amide bonds. The Bertz CT molecular complexity index is 655. The summed E-state index contributed by atoms with van der Waals surface area (Å²) in [5.41, 5.74) is 0. The van der Waals surface area contributed by atoms with E-state index in [2.05, 4.69) is 19.1 Å². The second-order valence-corrected chi connectivity index (χ2v) is 9.27. The molecule has 33 heavy (non-hydrogen) atoms. The predicted octanol–water partition coefficient (Wildman–Crippen LogP) is 2.03. The van der Waals surface area contributed by atoms with Crippen molar-refractivity contribution in [2.45, 2.75) is 108 Å². The van der Waals surface area contributed by atoms with Crippen LogP contribution in [0.3, 0.4) is 0 Å². The molecule has 0 aliphatic carbocycles. The summed E-state index contributed by atoms with van der Waals surface area (Å²) in [5.74, 6) is -4.16. The van der Waals surface area contributed by atoms with Gasteiger partial charge >= 0.3 is 47.5 Å². The molecule has 1 atom stereocenters. The van der Waals surface area contributed by atoms with Crippen LogP contribution in [0, 0.1) is 0 Å².